The molecule has 8 heteroatoms. The van der Waals surface area contributed by atoms with Gasteiger partial charge in [0.25, 0.3) is 0 Å². The van der Waals surface area contributed by atoms with Crippen LogP contribution in [0.2, 0.25) is 0 Å². The summed E-state index contributed by atoms with van der Waals surface area (Å²) in [5, 5.41) is 11.4. The summed E-state index contributed by atoms with van der Waals surface area (Å²) in [5.41, 5.74) is 0. The van der Waals surface area contributed by atoms with Crippen LogP contribution in [0, 0.1) is 0 Å². The minimum absolute atomic E-state index is 0.481. The lowest BCUT2D eigenvalue weighted by Crippen LogP contribution is -2.40. The van der Waals surface area contributed by atoms with Crippen LogP contribution in [0.3, 0.4) is 0 Å². The maximum Gasteiger partial charge on any atom is 0.469 e. The number of hydrogen-bond acceptors (Lipinski definition) is 4. The van der Waals surface area contributed by atoms with Crippen LogP contribution in [-0.2, 0) is 13.9 Å². The molecule has 0 saturated heterocycles. The van der Waals surface area contributed by atoms with Crippen LogP contribution in [0.15, 0.2) is 0 Å². The Morgan fingerprint density at radius 2 is 2.06 bits per heavy atom. The minimum Gasteiger partial charge on any atom is -0.480 e. The molecule has 96 valence electrons. The Kier molecular flexibility index (Phi) is 7.53. The van der Waals surface area contributed by atoms with E-state index in [-0.39, 0.29) is 0 Å². The third kappa shape index (κ3) is 8.82. The van der Waals surface area contributed by atoms with Gasteiger partial charge in [0, 0.05) is 0 Å². The van der Waals surface area contributed by atoms with Gasteiger partial charge >= 0.3 is 13.8 Å². The van der Waals surface area contributed by atoms with Gasteiger partial charge in [-0.25, -0.2) is 4.57 Å². The summed E-state index contributed by atoms with van der Waals surface area (Å²) in [6.45, 7) is 1.95. The average Bonchev–Trinajstić information content (AvgIpc) is 2.14. The molecule has 0 fully saturated rings. The molecule has 0 aromatic carbocycles. The Morgan fingerprint density at radius 1 is 1.44 bits per heavy atom. The highest BCUT2D eigenvalue weighted by molar-refractivity contribution is 7.46. The average molecular weight is 255 g/mol. The number of carboxylic acids is 1. The second kappa shape index (κ2) is 7.76. The molecule has 1 unspecified atom stereocenters. The van der Waals surface area contributed by atoms with Gasteiger partial charge in [-0.3, -0.25) is 9.32 Å². The van der Waals surface area contributed by atoms with Crippen LogP contribution in [-0.4, -0.2) is 40.1 Å². The zero-order chi connectivity index (χ0) is 12.6. The summed E-state index contributed by atoms with van der Waals surface area (Å²) in [4.78, 5) is 27.5. The first-order valence-corrected chi connectivity index (χ1v) is 6.56. The first-order chi connectivity index (χ1) is 7.37. The number of hydrogen-bond donors (Lipinski definition) is 4. The van der Waals surface area contributed by atoms with Crippen molar-refractivity contribution >= 4 is 13.8 Å². The van der Waals surface area contributed by atoms with Crippen LogP contribution >= 0.6 is 7.82 Å². The molecule has 0 radical (unpaired) electrons. The standard InChI is InChI=1S/C8H18NO6P/c1-2-3-4-5-9-7(8(10)11)6-15-16(12,13)14/h7,9H,2-6H2,1H3,(H,10,11)(H2,12,13,14). The van der Waals surface area contributed by atoms with Gasteiger partial charge in [0.15, 0.2) is 0 Å². The Balaban J connectivity index is 3.89. The van der Waals surface area contributed by atoms with Crippen molar-refractivity contribution in [2.24, 2.45) is 0 Å². The number of rotatable bonds is 9. The second-order valence-corrected chi connectivity index (χ2v) is 4.58. The Hall–Kier alpha value is -0.460. The van der Waals surface area contributed by atoms with Gasteiger partial charge in [-0.05, 0) is 13.0 Å². The van der Waals surface area contributed by atoms with E-state index in [9.17, 15) is 9.36 Å². The Morgan fingerprint density at radius 3 is 2.50 bits per heavy atom. The molecule has 7 nitrogen and oxygen atoms in total. The van der Waals surface area contributed by atoms with E-state index in [0.717, 1.165) is 19.3 Å². The van der Waals surface area contributed by atoms with Crippen LogP contribution in [0.1, 0.15) is 26.2 Å². The molecule has 0 spiro atoms. The number of carboxylic acid groups (broad SMARTS) is 1. The summed E-state index contributed by atoms with van der Waals surface area (Å²) in [7, 11) is -4.61. The first-order valence-electron chi connectivity index (χ1n) is 5.03. The fourth-order valence-corrected chi connectivity index (χ4v) is 1.38. The molecule has 0 aromatic rings. The highest BCUT2D eigenvalue weighted by atomic mass is 31.2. The van der Waals surface area contributed by atoms with Crippen molar-refractivity contribution in [1.82, 2.24) is 5.32 Å². The quantitative estimate of drug-likeness (QED) is 0.346. The summed E-state index contributed by atoms with van der Waals surface area (Å²) < 4.78 is 14.5. The molecular weight excluding hydrogens is 237 g/mol. The second-order valence-electron chi connectivity index (χ2n) is 3.34. The number of unbranched alkanes of at least 4 members (excludes halogenated alkanes) is 2. The van der Waals surface area contributed by atoms with Crippen molar-refractivity contribution in [3.05, 3.63) is 0 Å². The van der Waals surface area contributed by atoms with Gasteiger partial charge in [0.05, 0.1) is 6.61 Å². The largest absolute Gasteiger partial charge is 0.480 e. The number of phosphoric acid groups is 1. The van der Waals surface area contributed by atoms with Gasteiger partial charge in [-0.15, -0.1) is 0 Å². The normalized spacial score (nSPS) is 13.7. The lowest BCUT2D eigenvalue weighted by Gasteiger charge is -2.14. The van der Waals surface area contributed by atoms with E-state index in [4.69, 9.17) is 14.9 Å². The van der Waals surface area contributed by atoms with Crippen molar-refractivity contribution < 1.29 is 28.8 Å². The third-order valence-corrected chi connectivity index (χ3v) is 2.36. The fourth-order valence-electron chi connectivity index (χ4n) is 1.04. The van der Waals surface area contributed by atoms with E-state index < -0.39 is 26.4 Å². The number of nitrogens with one attached hydrogen (secondary N) is 1. The maximum absolute atomic E-state index is 10.7. The molecule has 16 heavy (non-hydrogen) atoms. The van der Waals surface area contributed by atoms with E-state index in [1.165, 1.54) is 0 Å². The maximum atomic E-state index is 10.7. The van der Waals surface area contributed by atoms with Crippen molar-refractivity contribution in [2.45, 2.75) is 32.2 Å². The molecular formula is C8H18NO6P. The molecule has 1 atom stereocenters. The van der Waals surface area contributed by atoms with E-state index in [0.29, 0.717) is 6.54 Å². The number of phosphoric ester groups is 1. The van der Waals surface area contributed by atoms with Crippen LogP contribution in [0.4, 0.5) is 0 Å². The molecule has 0 rings (SSSR count). The SMILES string of the molecule is CCCCCNC(COP(=O)(O)O)C(=O)O. The molecule has 0 bridgehead atoms. The van der Waals surface area contributed by atoms with Gasteiger partial charge < -0.3 is 20.2 Å². The predicted octanol–water partition coefficient (Wildman–Crippen LogP) is 0.329. The third-order valence-electron chi connectivity index (χ3n) is 1.88. The Labute approximate surface area is 94.1 Å². The number of aliphatic carboxylic acids is 1. The molecule has 4 N–H and O–H groups in total. The summed E-state index contributed by atoms with van der Waals surface area (Å²) in [6, 6.07) is -1.09. The van der Waals surface area contributed by atoms with Gasteiger partial charge in [0.1, 0.15) is 6.04 Å². The van der Waals surface area contributed by atoms with E-state index in [1.54, 1.807) is 0 Å². The van der Waals surface area contributed by atoms with Crippen LogP contribution in [0.25, 0.3) is 0 Å². The summed E-state index contributed by atoms with van der Waals surface area (Å²) in [6.07, 6.45) is 2.80. The van der Waals surface area contributed by atoms with Crippen molar-refractivity contribution in [3.63, 3.8) is 0 Å². The Bertz CT molecular complexity index is 253. The van der Waals surface area contributed by atoms with Crippen molar-refractivity contribution in [3.8, 4) is 0 Å². The smallest absolute Gasteiger partial charge is 0.469 e. The first kappa shape index (κ1) is 15.5. The molecule has 0 aliphatic carbocycles. The summed E-state index contributed by atoms with van der Waals surface area (Å²) >= 11 is 0. The molecule has 0 aromatic heterocycles. The lowest BCUT2D eigenvalue weighted by atomic mass is 10.2. The topological polar surface area (TPSA) is 116 Å². The zero-order valence-electron chi connectivity index (χ0n) is 9.13. The minimum atomic E-state index is -4.61. The fraction of sp³-hybridized carbons (Fsp3) is 0.875. The van der Waals surface area contributed by atoms with E-state index >= 15 is 0 Å². The highest BCUT2D eigenvalue weighted by Crippen LogP contribution is 2.35. The molecule has 0 aliphatic heterocycles. The van der Waals surface area contributed by atoms with Gasteiger partial charge in [-0.2, -0.15) is 0 Å². The predicted molar refractivity (Wildman–Crippen MR) is 56.9 cm³/mol. The van der Waals surface area contributed by atoms with Gasteiger partial charge in [-0.1, -0.05) is 19.8 Å². The highest BCUT2D eigenvalue weighted by Gasteiger charge is 2.22. The zero-order valence-corrected chi connectivity index (χ0v) is 10.0. The van der Waals surface area contributed by atoms with E-state index in [2.05, 4.69) is 9.84 Å². The van der Waals surface area contributed by atoms with Crippen LogP contribution < -0.4 is 5.32 Å². The van der Waals surface area contributed by atoms with Crippen LogP contribution in [0.5, 0.6) is 0 Å². The molecule has 0 aliphatic rings. The van der Waals surface area contributed by atoms with Gasteiger partial charge in [0.2, 0.25) is 0 Å². The molecule has 0 amide bonds. The van der Waals surface area contributed by atoms with Crippen molar-refractivity contribution in [2.75, 3.05) is 13.2 Å². The number of carbonyl (C=O) groups is 1. The van der Waals surface area contributed by atoms with E-state index in [1.807, 2.05) is 6.92 Å². The molecule has 0 heterocycles. The monoisotopic (exact) mass is 255 g/mol. The lowest BCUT2D eigenvalue weighted by molar-refractivity contribution is -0.140. The van der Waals surface area contributed by atoms with Crippen molar-refractivity contribution in [1.29, 1.82) is 0 Å². The summed E-state index contributed by atoms with van der Waals surface area (Å²) in [5.74, 6) is -1.19. The molecule has 0 saturated carbocycles.